The third-order valence-corrected chi connectivity index (χ3v) is 7.55. The number of rotatable bonds is 10. The van der Waals surface area contributed by atoms with Crippen molar-refractivity contribution >= 4 is 23.5 Å². The molecule has 0 radical (unpaired) electrons. The lowest BCUT2D eigenvalue weighted by Crippen LogP contribution is -2.28. The standard InChI is InChI=1S/C27H24N6O4S2/c1-2-5-18(6-3-1)24-30-33-27(37-24)39-17-20-7-4-8-21(29-20)22-11-15-34-23(35-22)12-16-38-26-32-31-25(36-26)19-9-13-28-14-10-19/h1-10,13-14,22-23H,11-12,15-17H2. The molecule has 1 aromatic carbocycles. The molecule has 6 rings (SSSR count). The molecule has 2 unspecified atom stereocenters. The quantitative estimate of drug-likeness (QED) is 0.190. The van der Waals surface area contributed by atoms with E-state index in [2.05, 4.69) is 25.4 Å². The molecule has 12 heteroatoms. The number of pyridine rings is 2. The van der Waals surface area contributed by atoms with E-state index in [1.54, 1.807) is 12.4 Å². The molecule has 1 aliphatic heterocycles. The summed E-state index contributed by atoms with van der Waals surface area (Å²) in [5, 5.41) is 17.6. The van der Waals surface area contributed by atoms with E-state index < -0.39 is 0 Å². The van der Waals surface area contributed by atoms with Crippen molar-refractivity contribution in [2.75, 3.05) is 12.4 Å². The average molecular weight is 561 g/mol. The lowest BCUT2D eigenvalue weighted by Gasteiger charge is -2.30. The second-order valence-electron chi connectivity index (χ2n) is 8.54. The molecule has 5 aromatic rings. The Kier molecular flexibility index (Phi) is 8.24. The third-order valence-electron chi connectivity index (χ3n) is 5.84. The van der Waals surface area contributed by atoms with Crippen molar-refractivity contribution in [1.82, 2.24) is 30.4 Å². The normalized spacial score (nSPS) is 17.3. The van der Waals surface area contributed by atoms with Crippen LogP contribution in [0.1, 0.15) is 30.3 Å². The first kappa shape index (κ1) is 25.7. The number of aromatic nitrogens is 6. The summed E-state index contributed by atoms with van der Waals surface area (Å²) < 4.78 is 23.6. The molecule has 1 aliphatic rings. The summed E-state index contributed by atoms with van der Waals surface area (Å²) in [7, 11) is 0. The second kappa shape index (κ2) is 12.5. The number of thioether (sulfide) groups is 2. The van der Waals surface area contributed by atoms with E-state index >= 15 is 0 Å². The van der Waals surface area contributed by atoms with Crippen LogP contribution in [0.25, 0.3) is 22.9 Å². The molecule has 0 aliphatic carbocycles. The fraction of sp³-hybridized carbons (Fsp3) is 0.259. The highest BCUT2D eigenvalue weighted by molar-refractivity contribution is 7.99. The van der Waals surface area contributed by atoms with Gasteiger partial charge in [0.15, 0.2) is 6.29 Å². The maximum Gasteiger partial charge on any atom is 0.277 e. The van der Waals surface area contributed by atoms with Gasteiger partial charge in [0.05, 0.1) is 18.0 Å². The van der Waals surface area contributed by atoms with E-state index in [0.29, 0.717) is 46.8 Å². The van der Waals surface area contributed by atoms with Crippen LogP contribution >= 0.6 is 23.5 Å². The fourth-order valence-electron chi connectivity index (χ4n) is 3.95. The number of hydrogen-bond acceptors (Lipinski definition) is 12. The van der Waals surface area contributed by atoms with Crippen LogP contribution in [0.5, 0.6) is 0 Å². The molecule has 4 aromatic heterocycles. The number of hydrogen-bond donors (Lipinski definition) is 0. The highest BCUT2D eigenvalue weighted by Gasteiger charge is 2.25. The Hall–Kier alpha value is -3.58. The van der Waals surface area contributed by atoms with E-state index in [1.165, 1.54) is 23.5 Å². The molecule has 2 atom stereocenters. The molecule has 0 N–H and O–H groups in total. The lowest BCUT2D eigenvalue weighted by molar-refractivity contribution is -0.215. The fourth-order valence-corrected chi connectivity index (χ4v) is 5.34. The summed E-state index contributed by atoms with van der Waals surface area (Å²) in [4.78, 5) is 8.84. The summed E-state index contributed by atoms with van der Waals surface area (Å²) in [6.45, 7) is 0.609. The van der Waals surface area contributed by atoms with Crippen molar-refractivity contribution in [3.8, 4) is 22.9 Å². The molecule has 1 fully saturated rings. The molecule has 10 nitrogen and oxygen atoms in total. The Morgan fingerprint density at radius 3 is 2.31 bits per heavy atom. The first-order valence-electron chi connectivity index (χ1n) is 12.4. The minimum absolute atomic E-state index is 0.131. The predicted molar refractivity (Wildman–Crippen MR) is 145 cm³/mol. The van der Waals surface area contributed by atoms with Crippen molar-refractivity contribution in [3.63, 3.8) is 0 Å². The van der Waals surface area contributed by atoms with Crippen LogP contribution in [-0.2, 0) is 15.2 Å². The van der Waals surface area contributed by atoms with Gasteiger partial charge >= 0.3 is 0 Å². The van der Waals surface area contributed by atoms with Crippen LogP contribution in [-0.4, -0.2) is 49.0 Å². The Morgan fingerprint density at radius 2 is 1.51 bits per heavy atom. The van der Waals surface area contributed by atoms with Gasteiger partial charge in [-0.25, -0.2) is 0 Å². The van der Waals surface area contributed by atoms with Crippen molar-refractivity contribution in [3.05, 3.63) is 84.4 Å². The Morgan fingerprint density at radius 1 is 0.769 bits per heavy atom. The van der Waals surface area contributed by atoms with Gasteiger partial charge in [-0.1, -0.05) is 47.8 Å². The molecule has 0 amide bonds. The Labute approximate surface area is 233 Å². The molecule has 0 saturated carbocycles. The van der Waals surface area contributed by atoms with E-state index in [0.717, 1.165) is 28.9 Å². The maximum atomic E-state index is 6.24. The topological polar surface area (TPSA) is 122 Å². The molecule has 0 spiro atoms. The van der Waals surface area contributed by atoms with Crippen LogP contribution in [0.3, 0.4) is 0 Å². The van der Waals surface area contributed by atoms with E-state index in [1.807, 2.05) is 60.7 Å². The monoisotopic (exact) mass is 560 g/mol. The predicted octanol–water partition coefficient (Wildman–Crippen LogP) is 5.86. The number of benzene rings is 1. The van der Waals surface area contributed by atoms with Crippen LogP contribution < -0.4 is 0 Å². The molecular formula is C27H24N6O4S2. The highest BCUT2D eigenvalue weighted by Crippen LogP contribution is 2.31. The van der Waals surface area contributed by atoms with Crippen molar-refractivity contribution in [2.24, 2.45) is 0 Å². The van der Waals surface area contributed by atoms with Crippen molar-refractivity contribution in [1.29, 1.82) is 0 Å². The zero-order chi connectivity index (χ0) is 26.3. The van der Waals surface area contributed by atoms with E-state index in [-0.39, 0.29) is 12.4 Å². The molecular weight excluding hydrogens is 536 g/mol. The van der Waals surface area contributed by atoms with Crippen LogP contribution in [0, 0.1) is 0 Å². The number of ether oxygens (including phenoxy) is 2. The van der Waals surface area contributed by atoms with Gasteiger partial charge in [0, 0.05) is 47.9 Å². The van der Waals surface area contributed by atoms with Crippen LogP contribution in [0.2, 0.25) is 0 Å². The molecule has 39 heavy (non-hydrogen) atoms. The van der Waals surface area contributed by atoms with E-state index in [4.69, 9.17) is 23.3 Å². The van der Waals surface area contributed by atoms with Crippen LogP contribution in [0.4, 0.5) is 0 Å². The van der Waals surface area contributed by atoms with Crippen molar-refractivity contribution < 1.29 is 18.3 Å². The summed E-state index contributed by atoms with van der Waals surface area (Å²) in [5.41, 5.74) is 3.55. The second-order valence-corrected chi connectivity index (χ2v) is 10.5. The van der Waals surface area contributed by atoms with Gasteiger partial charge < -0.3 is 18.3 Å². The van der Waals surface area contributed by atoms with Gasteiger partial charge in [-0.15, -0.1) is 20.4 Å². The summed E-state index contributed by atoms with van der Waals surface area (Å²) in [6.07, 6.45) is 4.36. The summed E-state index contributed by atoms with van der Waals surface area (Å²) in [6, 6.07) is 19.4. The Bertz CT molecular complexity index is 1480. The third kappa shape index (κ3) is 6.71. The lowest BCUT2D eigenvalue weighted by atomic mass is 10.1. The smallest absolute Gasteiger partial charge is 0.277 e. The van der Waals surface area contributed by atoms with Gasteiger partial charge in [0.1, 0.15) is 6.10 Å². The average Bonchev–Trinajstić information content (AvgIpc) is 3.68. The van der Waals surface area contributed by atoms with Gasteiger partial charge in [0.2, 0.25) is 11.8 Å². The zero-order valence-electron chi connectivity index (χ0n) is 20.8. The zero-order valence-corrected chi connectivity index (χ0v) is 22.4. The summed E-state index contributed by atoms with van der Waals surface area (Å²) >= 11 is 2.94. The first-order chi connectivity index (χ1) is 19.3. The minimum Gasteiger partial charge on any atom is -0.411 e. The van der Waals surface area contributed by atoms with Gasteiger partial charge in [0.25, 0.3) is 10.4 Å². The van der Waals surface area contributed by atoms with Gasteiger partial charge in [-0.3, -0.25) is 9.97 Å². The maximum absolute atomic E-state index is 6.24. The van der Waals surface area contributed by atoms with Gasteiger partial charge in [-0.2, -0.15) is 0 Å². The summed E-state index contributed by atoms with van der Waals surface area (Å²) in [5.74, 6) is 2.31. The molecule has 5 heterocycles. The minimum atomic E-state index is -0.325. The molecule has 1 saturated heterocycles. The van der Waals surface area contributed by atoms with Crippen molar-refractivity contribution in [2.45, 2.75) is 41.4 Å². The molecule has 198 valence electrons. The molecule has 0 bridgehead atoms. The highest BCUT2D eigenvalue weighted by atomic mass is 32.2. The first-order valence-corrected chi connectivity index (χ1v) is 14.4. The largest absolute Gasteiger partial charge is 0.411 e. The number of nitrogens with zero attached hydrogens (tertiary/aromatic N) is 6. The van der Waals surface area contributed by atoms with Gasteiger partial charge in [-0.05, 0) is 36.4 Å². The SMILES string of the molecule is c1ccc(-c2nnc(SCc3cccc(C4CCOC(CCSc5nnc(-c6ccncc6)o5)O4)n3)o2)cc1. The van der Waals surface area contributed by atoms with Crippen LogP contribution in [0.15, 0.2) is 92.3 Å². The van der Waals surface area contributed by atoms with E-state index in [9.17, 15) is 0 Å². The Balaban J connectivity index is 0.996.